The summed E-state index contributed by atoms with van der Waals surface area (Å²) in [5.41, 5.74) is 3.21. The Balaban J connectivity index is 0.000000415. The number of aromatic nitrogens is 2. The van der Waals surface area contributed by atoms with E-state index in [2.05, 4.69) is 42.1 Å². The number of amides is 1. The van der Waals surface area contributed by atoms with Gasteiger partial charge in [0.15, 0.2) is 0 Å². The number of halogens is 1. The molecule has 1 amide bonds. The lowest BCUT2D eigenvalue weighted by Gasteiger charge is -2.32. The SMILES string of the molecule is CCCCCCCCCCNCc1cncc(N2C(=O)c3ccc(Cl)cc3C2(C)C)c1.O=C(O)c1ccccn1. The largest absolute Gasteiger partial charge is 0.477 e. The van der Waals surface area contributed by atoms with Crippen LogP contribution < -0.4 is 10.2 Å². The average molecular weight is 565 g/mol. The third kappa shape index (κ3) is 8.60. The molecule has 0 saturated carbocycles. The zero-order chi connectivity index (χ0) is 29.0. The highest BCUT2D eigenvalue weighted by Gasteiger charge is 2.44. The molecule has 40 heavy (non-hydrogen) atoms. The molecule has 0 spiro atoms. The number of hydrogen-bond acceptors (Lipinski definition) is 5. The summed E-state index contributed by atoms with van der Waals surface area (Å²) in [6.45, 7) is 8.14. The van der Waals surface area contributed by atoms with E-state index in [4.69, 9.17) is 16.7 Å². The number of anilines is 1. The molecule has 2 aromatic heterocycles. The minimum Gasteiger partial charge on any atom is -0.477 e. The van der Waals surface area contributed by atoms with Crippen molar-refractivity contribution < 1.29 is 14.7 Å². The zero-order valence-electron chi connectivity index (χ0n) is 23.8. The summed E-state index contributed by atoms with van der Waals surface area (Å²) in [6, 6.07) is 12.3. The molecule has 0 saturated heterocycles. The number of hydrogen-bond donors (Lipinski definition) is 2. The Labute approximate surface area is 243 Å². The van der Waals surface area contributed by atoms with Gasteiger partial charge in [-0.1, -0.05) is 69.5 Å². The molecule has 3 aromatic rings. The Morgan fingerprint density at radius 2 is 1.73 bits per heavy atom. The van der Waals surface area contributed by atoms with Gasteiger partial charge in [0.1, 0.15) is 5.69 Å². The van der Waals surface area contributed by atoms with Crippen LogP contribution in [0.2, 0.25) is 5.02 Å². The van der Waals surface area contributed by atoms with E-state index in [-0.39, 0.29) is 11.6 Å². The first-order chi connectivity index (χ1) is 19.3. The van der Waals surface area contributed by atoms with Gasteiger partial charge >= 0.3 is 5.97 Å². The van der Waals surface area contributed by atoms with Crippen LogP contribution in [0.5, 0.6) is 0 Å². The first-order valence-electron chi connectivity index (χ1n) is 14.2. The van der Waals surface area contributed by atoms with Gasteiger partial charge < -0.3 is 10.4 Å². The molecule has 1 aliphatic rings. The number of carbonyl (C=O) groups is 2. The Morgan fingerprint density at radius 1 is 1.00 bits per heavy atom. The van der Waals surface area contributed by atoms with Crippen LogP contribution in [0.4, 0.5) is 5.69 Å². The number of pyridine rings is 2. The molecule has 7 nitrogen and oxygen atoms in total. The fraction of sp³-hybridized carbons (Fsp3) is 0.438. The molecule has 1 aromatic carbocycles. The molecule has 0 radical (unpaired) electrons. The number of carbonyl (C=O) groups excluding carboxylic acids is 1. The molecule has 3 heterocycles. The van der Waals surface area contributed by atoms with Crippen LogP contribution >= 0.6 is 11.6 Å². The minimum atomic E-state index is -0.990. The van der Waals surface area contributed by atoms with Crippen molar-refractivity contribution in [3.05, 3.63) is 88.5 Å². The number of carboxylic acid groups (broad SMARTS) is 1. The van der Waals surface area contributed by atoms with Crippen molar-refractivity contribution in [2.45, 2.75) is 84.2 Å². The highest BCUT2D eigenvalue weighted by atomic mass is 35.5. The second kappa shape index (κ2) is 15.5. The Bertz CT molecular complexity index is 1250. The average Bonchev–Trinajstić information content (AvgIpc) is 3.14. The molecular formula is C32H41ClN4O3. The van der Waals surface area contributed by atoms with E-state index in [0.717, 1.165) is 29.9 Å². The van der Waals surface area contributed by atoms with Crippen LogP contribution in [-0.2, 0) is 12.1 Å². The monoisotopic (exact) mass is 564 g/mol. The van der Waals surface area contributed by atoms with Crippen LogP contribution in [0.3, 0.4) is 0 Å². The lowest BCUT2D eigenvalue weighted by atomic mass is 9.93. The van der Waals surface area contributed by atoms with Gasteiger partial charge in [-0.25, -0.2) is 9.78 Å². The highest BCUT2D eigenvalue weighted by molar-refractivity contribution is 6.31. The van der Waals surface area contributed by atoms with Gasteiger partial charge in [-0.2, -0.15) is 0 Å². The van der Waals surface area contributed by atoms with Gasteiger partial charge in [-0.15, -0.1) is 0 Å². The van der Waals surface area contributed by atoms with Gasteiger partial charge in [0.25, 0.3) is 5.91 Å². The molecule has 1 aliphatic heterocycles. The lowest BCUT2D eigenvalue weighted by Crippen LogP contribution is -2.39. The fourth-order valence-electron chi connectivity index (χ4n) is 4.94. The van der Waals surface area contributed by atoms with Crippen LogP contribution in [0.25, 0.3) is 0 Å². The number of aromatic carboxylic acids is 1. The number of benzene rings is 1. The van der Waals surface area contributed by atoms with E-state index in [0.29, 0.717) is 10.6 Å². The van der Waals surface area contributed by atoms with Crippen LogP contribution in [0, 0.1) is 0 Å². The van der Waals surface area contributed by atoms with Gasteiger partial charge in [0, 0.05) is 29.5 Å². The van der Waals surface area contributed by atoms with Gasteiger partial charge in [-0.3, -0.25) is 14.7 Å². The van der Waals surface area contributed by atoms with E-state index < -0.39 is 11.5 Å². The number of rotatable bonds is 13. The smallest absolute Gasteiger partial charge is 0.354 e. The van der Waals surface area contributed by atoms with Crippen LogP contribution in [-0.4, -0.2) is 33.5 Å². The number of fused-ring (bicyclic) bond motifs is 1. The molecule has 0 aliphatic carbocycles. The summed E-state index contributed by atoms with van der Waals surface area (Å²) in [7, 11) is 0. The van der Waals surface area contributed by atoms with E-state index in [1.165, 1.54) is 63.6 Å². The standard InChI is InChI=1S/C26H36ClN3O.C6H5NO2/c1-4-5-6-7-8-9-10-11-14-28-17-20-15-22(19-29-18-20)30-25(31)23-13-12-21(27)16-24(23)26(30,2)3;8-6(9)5-3-1-2-4-7-5/h12-13,15-16,18-19,28H,4-11,14,17H2,1-3H3;1-4H,(H,8,9). The maximum atomic E-state index is 13.1. The van der Waals surface area contributed by atoms with Gasteiger partial charge in [0.2, 0.25) is 0 Å². The molecule has 214 valence electrons. The molecule has 4 rings (SSSR count). The lowest BCUT2D eigenvalue weighted by molar-refractivity contribution is 0.0690. The van der Waals surface area contributed by atoms with Crippen molar-refractivity contribution in [1.82, 2.24) is 15.3 Å². The summed E-state index contributed by atoms with van der Waals surface area (Å²) in [6.07, 6.45) is 15.7. The predicted molar refractivity (Wildman–Crippen MR) is 161 cm³/mol. The van der Waals surface area contributed by atoms with Crippen LogP contribution in [0.1, 0.15) is 104 Å². The van der Waals surface area contributed by atoms with E-state index in [1.54, 1.807) is 24.4 Å². The normalized spacial score (nSPS) is 13.5. The number of carboxylic acids is 1. The molecule has 8 heteroatoms. The third-order valence-electron chi connectivity index (χ3n) is 7.09. The van der Waals surface area contributed by atoms with Crippen LogP contribution in [0.15, 0.2) is 61.1 Å². The maximum absolute atomic E-state index is 13.1. The molecule has 0 atom stereocenters. The van der Waals surface area contributed by atoms with Crippen molar-refractivity contribution in [3.8, 4) is 0 Å². The number of nitrogens with one attached hydrogen (secondary N) is 1. The molecule has 2 N–H and O–H groups in total. The van der Waals surface area contributed by atoms with Crippen molar-refractivity contribution in [3.63, 3.8) is 0 Å². The second-order valence-corrected chi connectivity index (χ2v) is 11.0. The highest BCUT2D eigenvalue weighted by Crippen LogP contribution is 2.42. The molecule has 0 fully saturated rings. The predicted octanol–water partition coefficient (Wildman–Crippen LogP) is 7.64. The summed E-state index contributed by atoms with van der Waals surface area (Å²) in [4.78, 5) is 33.1. The fourth-order valence-corrected chi connectivity index (χ4v) is 5.11. The van der Waals surface area contributed by atoms with Gasteiger partial charge in [-0.05, 0) is 74.3 Å². The first kappa shape index (κ1) is 31.2. The maximum Gasteiger partial charge on any atom is 0.354 e. The summed E-state index contributed by atoms with van der Waals surface area (Å²) in [5, 5.41) is 12.5. The van der Waals surface area contributed by atoms with Gasteiger partial charge in [0.05, 0.1) is 17.4 Å². The topological polar surface area (TPSA) is 95.4 Å². The molecule has 0 unspecified atom stereocenters. The first-order valence-corrected chi connectivity index (χ1v) is 14.6. The number of nitrogens with zero attached hydrogens (tertiary/aromatic N) is 3. The Morgan fingerprint density at radius 3 is 2.38 bits per heavy atom. The second-order valence-electron chi connectivity index (χ2n) is 10.6. The molecule has 0 bridgehead atoms. The third-order valence-corrected chi connectivity index (χ3v) is 7.33. The Kier molecular flexibility index (Phi) is 12.1. The van der Waals surface area contributed by atoms with Crippen molar-refractivity contribution in [2.24, 2.45) is 0 Å². The van der Waals surface area contributed by atoms with E-state index in [1.807, 2.05) is 23.2 Å². The zero-order valence-corrected chi connectivity index (χ0v) is 24.6. The Hall–Kier alpha value is -3.29. The minimum absolute atomic E-state index is 0.00233. The van der Waals surface area contributed by atoms with Crippen molar-refractivity contribution in [1.29, 1.82) is 0 Å². The summed E-state index contributed by atoms with van der Waals surface area (Å²) < 4.78 is 0. The van der Waals surface area contributed by atoms with Crippen molar-refractivity contribution in [2.75, 3.05) is 11.4 Å². The van der Waals surface area contributed by atoms with Crippen molar-refractivity contribution >= 4 is 29.2 Å². The molecular weight excluding hydrogens is 524 g/mol. The summed E-state index contributed by atoms with van der Waals surface area (Å²) in [5.74, 6) is -0.988. The quantitative estimate of drug-likeness (QED) is 0.207. The summed E-state index contributed by atoms with van der Waals surface area (Å²) >= 11 is 6.20. The number of unbranched alkanes of at least 4 members (excludes halogenated alkanes) is 7. The van der Waals surface area contributed by atoms with E-state index in [9.17, 15) is 9.59 Å². The van der Waals surface area contributed by atoms with E-state index >= 15 is 0 Å².